The fourth-order valence-electron chi connectivity index (χ4n) is 1.42. The standard InChI is InChI=1S/C12H7Cl2F3N2O/c13-7-4-8(14)10(5-9(7)18)20-11-6(12(15,16)17)2-1-3-19-11/h1-5H,18H2. The number of anilines is 1. The van der Waals surface area contributed by atoms with Gasteiger partial charge in [0, 0.05) is 12.3 Å². The van der Waals surface area contributed by atoms with Crippen molar-refractivity contribution in [2.24, 2.45) is 0 Å². The summed E-state index contributed by atoms with van der Waals surface area (Å²) in [5.41, 5.74) is 4.68. The van der Waals surface area contributed by atoms with Gasteiger partial charge < -0.3 is 10.5 Å². The summed E-state index contributed by atoms with van der Waals surface area (Å²) in [5.74, 6) is -0.665. The van der Waals surface area contributed by atoms with Gasteiger partial charge in [0.15, 0.2) is 0 Å². The molecule has 0 amide bonds. The third kappa shape index (κ3) is 3.08. The largest absolute Gasteiger partial charge is 0.437 e. The van der Waals surface area contributed by atoms with Crippen LogP contribution in [0.2, 0.25) is 10.0 Å². The minimum atomic E-state index is -4.59. The van der Waals surface area contributed by atoms with Crippen molar-refractivity contribution < 1.29 is 17.9 Å². The molecule has 2 aromatic rings. The summed E-state index contributed by atoms with van der Waals surface area (Å²) in [6.07, 6.45) is -3.41. The maximum absolute atomic E-state index is 12.8. The Morgan fingerprint density at radius 1 is 1.15 bits per heavy atom. The van der Waals surface area contributed by atoms with Crippen LogP contribution in [-0.4, -0.2) is 4.98 Å². The second kappa shape index (κ2) is 5.38. The summed E-state index contributed by atoms with van der Waals surface area (Å²) in [6.45, 7) is 0. The number of nitrogens with two attached hydrogens (primary N) is 1. The van der Waals surface area contributed by atoms with E-state index in [0.717, 1.165) is 12.1 Å². The normalized spacial score (nSPS) is 11.4. The SMILES string of the molecule is Nc1cc(Oc2ncccc2C(F)(F)F)c(Cl)cc1Cl. The second-order valence-corrected chi connectivity index (χ2v) is 4.57. The zero-order valence-corrected chi connectivity index (χ0v) is 11.2. The van der Waals surface area contributed by atoms with Gasteiger partial charge in [0.25, 0.3) is 0 Å². The van der Waals surface area contributed by atoms with E-state index in [1.54, 1.807) is 0 Å². The predicted molar refractivity (Wildman–Crippen MR) is 70.2 cm³/mol. The zero-order valence-electron chi connectivity index (χ0n) is 9.71. The number of rotatable bonds is 2. The van der Waals surface area contributed by atoms with Crippen molar-refractivity contribution in [2.75, 3.05) is 5.73 Å². The third-order valence-corrected chi connectivity index (χ3v) is 2.96. The van der Waals surface area contributed by atoms with Gasteiger partial charge in [-0.15, -0.1) is 0 Å². The van der Waals surface area contributed by atoms with Gasteiger partial charge in [0.1, 0.15) is 11.3 Å². The number of aromatic nitrogens is 1. The molecular weight excluding hydrogens is 316 g/mol. The number of ether oxygens (including phenoxy) is 1. The van der Waals surface area contributed by atoms with Crippen LogP contribution in [0.25, 0.3) is 0 Å². The molecule has 0 atom stereocenters. The van der Waals surface area contributed by atoms with E-state index >= 15 is 0 Å². The van der Waals surface area contributed by atoms with Crippen LogP contribution in [0.5, 0.6) is 11.6 Å². The lowest BCUT2D eigenvalue weighted by Gasteiger charge is -2.13. The first-order valence-corrected chi connectivity index (χ1v) is 5.99. The molecule has 0 fully saturated rings. The van der Waals surface area contributed by atoms with Crippen LogP contribution in [0.15, 0.2) is 30.5 Å². The number of hydrogen-bond donors (Lipinski definition) is 1. The topological polar surface area (TPSA) is 48.1 Å². The average molecular weight is 323 g/mol. The minimum Gasteiger partial charge on any atom is -0.437 e. The smallest absolute Gasteiger partial charge is 0.421 e. The Labute approximate surface area is 122 Å². The van der Waals surface area contributed by atoms with Crippen LogP contribution < -0.4 is 10.5 Å². The molecule has 2 N–H and O–H groups in total. The van der Waals surface area contributed by atoms with E-state index < -0.39 is 17.6 Å². The number of hydrogen-bond acceptors (Lipinski definition) is 3. The lowest BCUT2D eigenvalue weighted by atomic mass is 10.2. The highest BCUT2D eigenvalue weighted by atomic mass is 35.5. The number of pyridine rings is 1. The summed E-state index contributed by atoms with van der Waals surface area (Å²) in [5, 5.41) is 0.211. The Balaban J connectivity index is 2.43. The molecule has 106 valence electrons. The van der Waals surface area contributed by atoms with Crippen molar-refractivity contribution in [3.05, 3.63) is 46.1 Å². The Morgan fingerprint density at radius 2 is 1.85 bits per heavy atom. The number of nitrogens with zero attached hydrogens (tertiary/aromatic N) is 1. The fourth-order valence-corrected chi connectivity index (χ4v) is 1.84. The molecular formula is C12H7Cl2F3N2O. The van der Waals surface area contributed by atoms with Crippen molar-refractivity contribution in [3.8, 4) is 11.6 Å². The first-order valence-electron chi connectivity index (χ1n) is 5.23. The number of halogens is 5. The molecule has 0 bridgehead atoms. The summed E-state index contributed by atoms with van der Waals surface area (Å²) < 4.78 is 43.5. The maximum Gasteiger partial charge on any atom is 0.421 e. The summed E-state index contributed by atoms with van der Waals surface area (Å²) >= 11 is 11.6. The lowest BCUT2D eigenvalue weighted by Crippen LogP contribution is -2.08. The molecule has 0 unspecified atom stereocenters. The molecule has 1 heterocycles. The predicted octanol–water partition coefficient (Wildman–Crippen LogP) is 4.78. The lowest BCUT2D eigenvalue weighted by molar-refractivity contribution is -0.138. The monoisotopic (exact) mass is 322 g/mol. The van der Waals surface area contributed by atoms with Crippen molar-refractivity contribution in [1.29, 1.82) is 0 Å². The zero-order chi connectivity index (χ0) is 14.9. The van der Waals surface area contributed by atoms with Gasteiger partial charge in [0.2, 0.25) is 5.88 Å². The molecule has 1 aromatic heterocycles. The van der Waals surface area contributed by atoms with Crippen LogP contribution in [0.1, 0.15) is 5.56 Å². The van der Waals surface area contributed by atoms with Crippen LogP contribution >= 0.6 is 23.2 Å². The first-order chi connectivity index (χ1) is 9.29. The molecule has 0 saturated carbocycles. The van der Waals surface area contributed by atoms with E-state index in [0.29, 0.717) is 0 Å². The molecule has 2 rings (SSSR count). The van der Waals surface area contributed by atoms with E-state index in [9.17, 15) is 13.2 Å². The van der Waals surface area contributed by atoms with Crippen LogP contribution in [0.4, 0.5) is 18.9 Å². The van der Waals surface area contributed by atoms with E-state index in [1.807, 2.05) is 0 Å². The van der Waals surface area contributed by atoms with Gasteiger partial charge in [-0.25, -0.2) is 4.98 Å². The number of nitrogen functional groups attached to an aromatic ring is 1. The number of alkyl halides is 3. The van der Waals surface area contributed by atoms with Gasteiger partial charge in [0.05, 0.1) is 15.7 Å². The Hall–Kier alpha value is -1.66. The molecule has 20 heavy (non-hydrogen) atoms. The van der Waals surface area contributed by atoms with Gasteiger partial charge in [-0.2, -0.15) is 13.2 Å². The minimum absolute atomic E-state index is 0.0305. The van der Waals surface area contributed by atoms with Crippen molar-refractivity contribution in [2.45, 2.75) is 6.18 Å². The number of benzene rings is 1. The highest BCUT2D eigenvalue weighted by Gasteiger charge is 2.35. The van der Waals surface area contributed by atoms with Gasteiger partial charge >= 0.3 is 6.18 Å². The molecule has 3 nitrogen and oxygen atoms in total. The Morgan fingerprint density at radius 3 is 2.50 bits per heavy atom. The summed E-state index contributed by atoms with van der Waals surface area (Å²) in [6, 6.07) is 4.53. The van der Waals surface area contributed by atoms with Crippen molar-refractivity contribution in [1.82, 2.24) is 4.98 Å². The van der Waals surface area contributed by atoms with Crippen molar-refractivity contribution in [3.63, 3.8) is 0 Å². The molecule has 8 heteroatoms. The first kappa shape index (κ1) is 14.7. The second-order valence-electron chi connectivity index (χ2n) is 3.76. The van der Waals surface area contributed by atoms with Gasteiger partial charge in [-0.3, -0.25) is 0 Å². The molecule has 0 aliphatic carbocycles. The van der Waals surface area contributed by atoms with E-state index in [2.05, 4.69) is 4.98 Å². The summed E-state index contributed by atoms with van der Waals surface area (Å²) in [7, 11) is 0. The molecule has 0 aliphatic heterocycles. The molecule has 1 aromatic carbocycles. The van der Waals surface area contributed by atoms with E-state index in [-0.39, 0.29) is 21.5 Å². The Kier molecular flexibility index (Phi) is 3.96. The molecule has 0 aliphatic rings. The Bertz CT molecular complexity index is 647. The molecule has 0 spiro atoms. The van der Waals surface area contributed by atoms with Crippen LogP contribution in [-0.2, 0) is 6.18 Å². The van der Waals surface area contributed by atoms with Gasteiger partial charge in [-0.1, -0.05) is 23.2 Å². The van der Waals surface area contributed by atoms with Crippen LogP contribution in [0.3, 0.4) is 0 Å². The highest BCUT2D eigenvalue weighted by Crippen LogP contribution is 2.39. The molecule has 0 saturated heterocycles. The summed E-state index contributed by atoms with van der Waals surface area (Å²) in [4.78, 5) is 3.56. The van der Waals surface area contributed by atoms with Crippen molar-refractivity contribution >= 4 is 28.9 Å². The fraction of sp³-hybridized carbons (Fsp3) is 0.0833. The van der Waals surface area contributed by atoms with E-state index in [1.165, 1.54) is 18.3 Å². The third-order valence-electron chi connectivity index (χ3n) is 2.33. The van der Waals surface area contributed by atoms with Gasteiger partial charge in [-0.05, 0) is 18.2 Å². The van der Waals surface area contributed by atoms with E-state index in [4.69, 9.17) is 33.7 Å². The quantitative estimate of drug-likeness (QED) is 0.809. The maximum atomic E-state index is 12.8. The molecule has 0 radical (unpaired) electrons. The average Bonchev–Trinajstić information content (AvgIpc) is 2.35. The highest BCUT2D eigenvalue weighted by molar-refractivity contribution is 6.37. The van der Waals surface area contributed by atoms with Crippen LogP contribution in [0, 0.1) is 0 Å².